The number of aromatic nitrogens is 1. The lowest BCUT2D eigenvalue weighted by Crippen LogP contribution is -2.54. The van der Waals surface area contributed by atoms with E-state index in [4.69, 9.17) is 11.6 Å². The van der Waals surface area contributed by atoms with Crippen LogP contribution in [0.2, 0.25) is 5.02 Å². The summed E-state index contributed by atoms with van der Waals surface area (Å²) in [5.41, 5.74) is 2.82. The molecule has 1 aliphatic rings. The van der Waals surface area contributed by atoms with Crippen LogP contribution in [0.3, 0.4) is 0 Å². The van der Waals surface area contributed by atoms with Gasteiger partial charge >= 0.3 is 0 Å². The topological polar surface area (TPSA) is 69.3 Å². The molecule has 0 radical (unpaired) electrons. The molecule has 8 heteroatoms. The van der Waals surface area contributed by atoms with Gasteiger partial charge in [-0.15, -0.1) is 0 Å². The number of nitriles is 1. The Labute approximate surface area is 243 Å². The van der Waals surface area contributed by atoms with Crippen LogP contribution in [0.15, 0.2) is 78.1 Å². The van der Waals surface area contributed by atoms with E-state index in [1.165, 1.54) is 12.1 Å². The third-order valence-corrected chi connectivity index (χ3v) is 8.02. The zero-order valence-electron chi connectivity index (χ0n) is 23.2. The van der Waals surface area contributed by atoms with Crippen molar-refractivity contribution in [3.63, 3.8) is 0 Å². The number of rotatable bonds is 5. The Bertz CT molecular complexity index is 1790. The second kappa shape index (κ2) is 11.2. The first kappa shape index (κ1) is 28.1. The molecule has 1 saturated heterocycles. The van der Waals surface area contributed by atoms with Crippen molar-refractivity contribution in [3.05, 3.63) is 106 Å². The number of carbonyl (C=O) groups is 1. The number of nitrogens with zero attached hydrogens (tertiary/aromatic N) is 4. The Hall–Kier alpha value is -4.41. The van der Waals surface area contributed by atoms with Crippen molar-refractivity contribution in [1.82, 2.24) is 9.47 Å². The summed E-state index contributed by atoms with van der Waals surface area (Å²) in [5, 5.41) is 11.3. The minimum Gasteiger partial charge on any atom is -0.363 e. The summed E-state index contributed by atoms with van der Waals surface area (Å²) in [5.74, 6) is -0.511. The summed E-state index contributed by atoms with van der Waals surface area (Å²) in [6.45, 7) is 10.8. The van der Waals surface area contributed by atoms with Gasteiger partial charge in [-0.25, -0.2) is 4.39 Å². The lowest BCUT2D eigenvalue weighted by Gasteiger charge is -2.41. The molecule has 4 aromatic rings. The summed E-state index contributed by atoms with van der Waals surface area (Å²) in [7, 11) is 0. The van der Waals surface area contributed by atoms with Gasteiger partial charge in [0.2, 0.25) is 5.91 Å². The van der Waals surface area contributed by atoms with E-state index in [0.29, 0.717) is 58.1 Å². The highest BCUT2D eigenvalue weighted by Gasteiger charge is 2.31. The van der Waals surface area contributed by atoms with E-state index < -0.39 is 11.4 Å². The van der Waals surface area contributed by atoms with Gasteiger partial charge in [0.25, 0.3) is 5.56 Å². The van der Waals surface area contributed by atoms with Crippen molar-refractivity contribution in [1.29, 1.82) is 5.26 Å². The number of benzene rings is 3. The Morgan fingerprint density at radius 2 is 1.83 bits per heavy atom. The molecule has 208 valence electrons. The molecule has 1 atom stereocenters. The number of pyridine rings is 1. The summed E-state index contributed by atoms with van der Waals surface area (Å²) in [6, 6.07) is 19.4. The smallest absolute Gasteiger partial charge is 0.275 e. The molecule has 1 aliphatic heterocycles. The summed E-state index contributed by atoms with van der Waals surface area (Å²) >= 11 is 6.84. The highest BCUT2D eigenvalue weighted by atomic mass is 35.5. The minimum atomic E-state index is -0.471. The molecule has 1 aromatic heterocycles. The molecule has 1 amide bonds. The van der Waals surface area contributed by atoms with Crippen LogP contribution in [0.4, 0.5) is 10.1 Å². The molecule has 0 unspecified atom stereocenters. The number of carbonyl (C=O) groups excluding carboxylic acids is 1. The zero-order valence-corrected chi connectivity index (χ0v) is 24.0. The molecule has 2 heterocycles. The number of amides is 1. The molecule has 5 rings (SSSR count). The minimum absolute atomic E-state index is 0.0129. The normalized spacial score (nSPS) is 15.3. The lowest BCUT2D eigenvalue weighted by atomic mass is 9.97. The van der Waals surface area contributed by atoms with Crippen LogP contribution < -0.4 is 10.5 Å². The Morgan fingerprint density at radius 1 is 1.12 bits per heavy atom. The van der Waals surface area contributed by atoms with Crippen molar-refractivity contribution in [2.45, 2.75) is 32.7 Å². The molecule has 6 nitrogen and oxygen atoms in total. The third-order valence-electron chi connectivity index (χ3n) is 7.71. The van der Waals surface area contributed by atoms with Crippen molar-refractivity contribution >= 4 is 34.1 Å². The third kappa shape index (κ3) is 4.89. The first-order valence-corrected chi connectivity index (χ1v) is 13.9. The maximum Gasteiger partial charge on any atom is 0.275 e. The van der Waals surface area contributed by atoms with Crippen LogP contribution >= 0.6 is 11.6 Å². The van der Waals surface area contributed by atoms with Crippen molar-refractivity contribution in [2.24, 2.45) is 0 Å². The van der Waals surface area contributed by atoms with E-state index >= 15 is 0 Å². The number of para-hydroxylation sites is 1. The van der Waals surface area contributed by atoms with Crippen LogP contribution in [0.5, 0.6) is 0 Å². The van der Waals surface area contributed by atoms with Gasteiger partial charge in [0, 0.05) is 47.2 Å². The number of halogens is 2. The van der Waals surface area contributed by atoms with Crippen LogP contribution in [0.25, 0.3) is 27.7 Å². The summed E-state index contributed by atoms with van der Waals surface area (Å²) < 4.78 is 16.5. The monoisotopic (exact) mass is 568 g/mol. The molecule has 0 N–H and O–H groups in total. The van der Waals surface area contributed by atoms with E-state index in [-0.39, 0.29) is 23.4 Å². The van der Waals surface area contributed by atoms with Gasteiger partial charge in [0.1, 0.15) is 17.4 Å². The first-order chi connectivity index (χ1) is 19.7. The highest BCUT2D eigenvalue weighted by molar-refractivity contribution is 6.34. The van der Waals surface area contributed by atoms with Gasteiger partial charge in [-0.1, -0.05) is 68.4 Å². The fraction of sp³-hybridized carbons (Fsp3) is 0.242. The predicted octanol–water partition coefficient (Wildman–Crippen LogP) is 6.67. The van der Waals surface area contributed by atoms with Gasteiger partial charge in [-0.3, -0.25) is 14.2 Å². The van der Waals surface area contributed by atoms with Crippen molar-refractivity contribution < 1.29 is 9.18 Å². The van der Waals surface area contributed by atoms with E-state index in [0.717, 1.165) is 5.56 Å². The zero-order chi connectivity index (χ0) is 29.4. The van der Waals surface area contributed by atoms with Gasteiger partial charge in [-0.2, -0.15) is 5.26 Å². The predicted molar refractivity (Wildman–Crippen MR) is 162 cm³/mol. The molecule has 1 fully saturated rings. The second-order valence-corrected chi connectivity index (χ2v) is 11.0. The standard InChI is InChI=1S/C33H30ClFN4O2/c1-5-31(40)37-14-15-38(21(4)19-37)32-25-16-27(34)24(23-11-6-8-12-28(23)35)17-30(25)39(33(41)26(32)18-36)29-13-9-7-10-22(29)20(2)3/h5-13,16-17,20-21H,1,14-15,19H2,2-4H3/t21-/m0/s1. The molecule has 0 saturated carbocycles. The van der Waals surface area contributed by atoms with Crippen LogP contribution in [0, 0.1) is 17.1 Å². The average Bonchev–Trinajstić information content (AvgIpc) is 2.96. The fourth-order valence-electron chi connectivity index (χ4n) is 5.72. The molecule has 0 aliphatic carbocycles. The molecular formula is C33H30ClFN4O2. The Morgan fingerprint density at radius 3 is 2.49 bits per heavy atom. The SMILES string of the molecule is C=CC(=O)N1CCN(c2c(C#N)c(=O)n(-c3ccccc3C(C)C)c3cc(-c4ccccc4F)c(Cl)cc23)[C@@H](C)C1. The molecule has 3 aromatic carbocycles. The van der Waals surface area contributed by atoms with E-state index in [2.05, 4.69) is 12.6 Å². The number of anilines is 1. The van der Waals surface area contributed by atoms with Crippen molar-refractivity contribution in [3.8, 4) is 22.9 Å². The maximum absolute atomic E-state index is 15.0. The van der Waals surface area contributed by atoms with E-state index in [9.17, 15) is 19.2 Å². The summed E-state index contributed by atoms with van der Waals surface area (Å²) in [4.78, 5) is 30.3. The first-order valence-electron chi connectivity index (χ1n) is 13.5. The number of fused-ring (bicyclic) bond motifs is 1. The average molecular weight is 569 g/mol. The van der Waals surface area contributed by atoms with Gasteiger partial charge in [0.15, 0.2) is 0 Å². The molecule has 41 heavy (non-hydrogen) atoms. The van der Waals surface area contributed by atoms with E-state index in [1.54, 1.807) is 39.8 Å². The lowest BCUT2D eigenvalue weighted by molar-refractivity contribution is -0.126. The maximum atomic E-state index is 15.0. The number of piperazine rings is 1. The fourth-order valence-corrected chi connectivity index (χ4v) is 5.98. The molecule has 0 bridgehead atoms. The van der Waals surface area contributed by atoms with Crippen LogP contribution in [-0.4, -0.2) is 41.1 Å². The number of hydrogen-bond donors (Lipinski definition) is 0. The quantitative estimate of drug-likeness (QED) is 0.252. The van der Waals surface area contributed by atoms with Crippen molar-refractivity contribution in [2.75, 3.05) is 24.5 Å². The molecular weight excluding hydrogens is 539 g/mol. The summed E-state index contributed by atoms with van der Waals surface area (Å²) in [6.07, 6.45) is 1.29. The van der Waals surface area contributed by atoms with Gasteiger partial charge in [-0.05, 0) is 48.7 Å². The highest BCUT2D eigenvalue weighted by Crippen LogP contribution is 2.40. The van der Waals surface area contributed by atoms with E-state index in [1.807, 2.05) is 49.9 Å². The van der Waals surface area contributed by atoms with Crippen LogP contribution in [0.1, 0.15) is 37.8 Å². The van der Waals surface area contributed by atoms with Crippen LogP contribution in [-0.2, 0) is 4.79 Å². The second-order valence-electron chi connectivity index (χ2n) is 10.5. The number of hydrogen-bond acceptors (Lipinski definition) is 4. The largest absolute Gasteiger partial charge is 0.363 e. The molecule has 0 spiro atoms. The Kier molecular flexibility index (Phi) is 7.70. The van der Waals surface area contributed by atoms with Gasteiger partial charge < -0.3 is 9.80 Å². The Balaban J connectivity index is 1.87. The van der Waals surface area contributed by atoms with Gasteiger partial charge in [0.05, 0.1) is 16.9 Å².